The molecule has 2 aromatic rings. The smallest absolute Gasteiger partial charge is 0.240 e. The molecule has 0 fully saturated rings. The maximum atomic E-state index is 12.4. The Morgan fingerprint density at radius 3 is 2.78 bits per heavy atom. The van der Waals surface area contributed by atoms with Crippen LogP contribution < -0.4 is 9.46 Å². The van der Waals surface area contributed by atoms with E-state index in [0.29, 0.717) is 30.1 Å². The molecular formula is C16H19NO5S. The average molecular weight is 337 g/mol. The van der Waals surface area contributed by atoms with Crippen LogP contribution in [-0.4, -0.2) is 26.7 Å². The second-order valence-electron chi connectivity index (χ2n) is 5.60. The lowest BCUT2D eigenvalue weighted by Crippen LogP contribution is -2.28. The van der Waals surface area contributed by atoms with Crippen molar-refractivity contribution in [2.45, 2.75) is 31.3 Å². The van der Waals surface area contributed by atoms with Gasteiger partial charge in [0.05, 0.1) is 17.6 Å². The third-order valence-electron chi connectivity index (χ3n) is 3.88. The molecule has 0 bridgehead atoms. The van der Waals surface area contributed by atoms with Gasteiger partial charge in [0.2, 0.25) is 10.0 Å². The Labute approximate surface area is 135 Å². The molecule has 1 aliphatic heterocycles. The highest BCUT2D eigenvalue weighted by atomic mass is 32.2. The summed E-state index contributed by atoms with van der Waals surface area (Å²) in [5.74, 6) is 2.00. The number of furan rings is 1. The van der Waals surface area contributed by atoms with Crippen molar-refractivity contribution in [3.05, 3.63) is 46.9 Å². The molecule has 124 valence electrons. The fraction of sp³-hybridized carbons (Fsp3) is 0.375. The fourth-order valence-electron chi connectivity index (χ4n) is 2.69. The number of ether oxygens (including phenoxy) is 1. The van der Waals surface area contributed by atoms with Crippen LogP contribution in [0.4, 0.5) is 0 Å². The molecule has 6 nitrogen and oxygen atoms in total. The first-order valence-corrected chi connectivity index (χ1v) is 8.85. The van der Waals surface area contributed by atoms with Crippen LogP contribution >= 0.6 is 0 Å². The molecule has 1 aromatic carbocycles. The molecule has 1 atom stereocenters. The largest absolute Gasteiger partial charge is 0.493 e. The highest BCUT2D eigenvalue weighted by molar-refractivity contribution is 7.89. The number of benzene rings is 1. The molecule has 0 aliphatic carbocycles. The minimum Gasteiger partial charge on any atom is -0.493 e. The maximum Gasteiger partial charge on any atom is 0.240 e. The fourth-order valence-corrected chi connectivity index (χ4v) is 3.78. The van der Waals surface area contributed by atoms with Crippen LogP contribution in [0, 0.1) is 13.8 Å². The summed E-state index contributed by atoms with van der Waals surface area (Å²) in [6.07, 6.45) is -0.255. The first kappa shape index (κ1) is 16.0. The Bertz CT molecular complexity index is 825. The van der Waals surface area contributed by atoms with Gasteiger partial charge in [-0.25, -0.2) is 13.1 Å². The number of sulfonamides is 1. The minimum absolute atomic E-state index is 0.115. The molecule has 2 N–H and O–H groups in total. The molecule has 0 saturated carbocycles. The van der Waals surface area contributed by atoms with Gasteiger partial charge in [-0.1, -0.05) is 0 Å². The Morgan fingerprint density at radius 1 is 1.30 bits per heavy atom. The van der Waals surface area contributed by atoms with Crippen LogP contribution in [0.15, 0.2) is 33.6 Å². The van der Waals surface area contributed by atoms with Crippen molar-refractivity contribution in [1.82, 2.24) is 4.72 Å². The summed E-state index contributed by atoms with van der Waals surface area (Å²) in [6, 6.07) is 6.49. The summed E-state index contributed by atoms with van der Waals surface area (Å²) in [6.45, 7) is 3.97. The molecule has 7 heteroatoms. The van der Waals surface area contributed by atoms with Gasteiger partial charge < -0.3 is 14.3 Å². The van der Waals surface area contributed by atoms with E-state index in [9.17, 15) is 13.5 Å². The normalized spacial score (nSPS) is 15.3. The number of hydrogen-bond acceptors (Lipinski definition) is 5. The van der Waals surface area contributed by atoms with Gasteiger partial charge in [-0.2, -0.15) is 0 Å². The molecular weight excluding hydrogens is 318 g/mol. The Morgan fingerprint density at radius 2 is 2.09 bits per heavy atom. The van der Waals surface area contributed by atoms with Crippen molar-refractivity contribution in [3.8, 4) is 5.75 Å². The van der Waals surface area contributed by atoms with Crippen molar-refractivity contribution in [3.63, 3.8) is 0 Å². The average Bonchev–Trinajstić information content (AvgIpc) is 3.10. The lowest BCUT2D eigenvalue weighted by atomic mass is 10.1. The first-order valence-electron chi connectivity index (χ1n) is 7.37. The quantitative estimate of drug-likeness (QED) is 0.869. The number of hydrogen-bond donors (Lipinski definition) is 2. The van der Waals surface area contributed by atoms with E-state index in [0.717, 1.165) is 11.3 Å². The molecule has 3 rings (SSSR count). The van der Waals surface area contributed by atoms with Crippen LogP contribution in [0.1, 0.15) is 28.8 Å². The van der Waals surface area contributed by atoms with Gasteiger partial charge in [-0.3, -0.25) is 0 Å². The lowest BCUT2D eigenvalue weighted by Gasteiger charge is -2.12. The van der Waals surface area contributed by atoms with E-state index in [1.807, 2.05) is 0 Å². The van der Waals surface area contributed by atoms with E-state index in [1.54, 1.807) is 32.0 Å². The Hall–Kier alpha value is -1.83. The van der Waals surface area contributed by atoms with Crippen LogP contribution in [0.5, 0.6) is 5.75 Å². The van der Waals surface area contributed by atoms with E-state index in [1.165, 1.54) is 6.07 Å². The third-order valence-corrected chi connectivity index (χ3v) is 5.30. The number of aliphatic hydroxyl groups excluding tert-OH is 1. The van der Waals surface area contributed by atoms with E-state index in [-0.39, 0.29) is 11.4 Å². The minimum atomic E-state index is -3.69. The molecule has 23 heavy (non-hydrogen) atoms. The van der Waals surface area contributed by atoms with Gasteiger partial charge in [-0.05, 0) is 43.7 Å². The van der Waals surface area contributed by atoms with Gasteiger partial charge in [0.15, 0.2) is 0 Å². The number of fused-ring (bicyclic) bond motifs is 1. The molecule has 0 radical (unpaired) electrons. The van der Waals surface area contributed by atoms with Gasteiger partial charge >= 0.3 is 0 Å². The zero-order chi connectivity index (χ0) is 16.6. The monoisotopic (exact) mass is 337 g/mol. The van der Waals surface area contributed by atoms with Crippen molar-refractivity contribution in [1.29, 1.82) is 0 Å². The Kier molecular flexibility index (Phi) is 4.18. The number of rotatable bonds is 5. The van der Waals surface area contributed by atoms with Crippen molar-refractivity contribution in [2.75, 3.05) is 13.2 Å². The van der Waals surface area contributed by atoms with Gasteiger partial charge in [0, 0.05) is 18.5 Å². The third kappa shape index (κ3) is 3.26. The molecule has 1 aliphatic rings. The van der Waals surface area contributed by atoms with Gasteiger partial charge in [-0.15, -0.1) is 0 Å². The van der Waals surface area contributed by atoms with E-state index in [2.05, 4.69) is 4.72 Å². The lowest BCUT2D eigenvalue weighted by molar-refractivity contribution is 0.180. The number of aryl methyl sites for hydroxylation is 2. The highest BCUT2D eigenvalue weighted by Crippen LogP contribution is 2.28. The van der Waals surface area contributed by atoms with Crippen LogP contribution in [0.2, 0.25) is 0 Å². The summed E-state index contributed by atoms with van der Waals surface area (Å²) in [7, 11) is -3.69. The predicted octanol–water partition coefficient (Wildman–Crippen LogP) is 1.84. The van der Waals surface area contributed by atoms with Crippen LogP contribution in [-0.2, 0) is 16.4 Å². The Balaban J connectivity index is 1.73. The van der Waals surface area contributed by atoms with Crippen molar-refractivity contribution in [2.24, 2.45) is 0 Å². The topological polar surface area (TPSA) is 88.8 Å². The predicted molar refractivity (Wildman–Crippen MR) is 84.0 cm³/mol. The van der Waals surface area contributed by atoms with E-state index < -0.39 is 16.1 Å². The molecule has 1 unspecified atom stereocenters. The molecule has 1 aromatic heterocycles. The van der Waals surface area contributed by atoms with Crippen LogP contribution in [0.3, 0.4) is 0 Å². The first-order chi connectivity index (χ1) is 10.9. The molecule has 2 heterocycles. The van der Waals surface area contributed by atoms with Crippen LogP contribution in [0.25, 0.3) is 0 Å². The SMILES string of the molecule is Cc1cc(C(O)CNS(=O)(=O)c2ccc3c(c2)CCO3)c(C)o1. The van der Waals surface area contributed by atoms with E-state index >= 15 is 0 Å². The number of nitrogens with one attached hydrogen (secondary N) is 1. The van der Waals surface area contributed by atoms with E-state index in [4.69, 9.17) is 9.15 Å². The second kappa shape index (κ2) is 5.99. The second-order valence-corrected chi connectivity index (χ2v) is 7.37. The van der Waals surface area contributed by atoms with Crippen molar-refractivity contribution < 1.29 is 22.7 Å². The summed E-state index contributed by atoms with van der Waals surface area (Å²) < 4.78 is 37.9. The molecule has 0 spiro atoms. The summed E-state index contributed by atoms with van der Waals surface area (Å²) >= 11 is 0. The standard InChI is InChI=1S/C16H19NO5S/c1-10-7-14(11(2)22-10)15(18)9-17-23(19,20)13-3-4-16-12(8-13)5-6-21-16/h3-4,7-8,15,17-18H,5-6,9H2,1-2H3. The molecule has 0 saturated heterocycles. The summed E-state index contributed by atoms with van der Waals surface area (Å²) in [5.41, 5.74) is 1.47. The van der Waals surface area contributed by atoms with Crippen molar-refractivity contribution >= 4 is 10.0 Å². The summed E-state index contributed by atoms with van der Waals surface area (Å²) in [5, 5.41) is 10.2. The van der Waals surface area contributed by atoms with Gasteiger partial charge in [0.25, 0.3) is 0 Å². The summed E-state index contributed by atoms with van der Waals surface area (Å²) in [4.78, 5) is 0.175. The maximum absolute atomic E-state index is 12.4. The molecule has 0 amide bonds. The van der Waals surface area contributed by atoms with Gasteiger partial charge in [0.1, 0.15) is 17.3 Å². The zero-order valence-electron chi connectivity index (χ0n) is 13.0. The highest BCUT2D eigenvalue weighted by Gasteiger charge is 2.21. The zero-order valence-corrected chi connectivity index (χ0v) is 13.8. The number of aliphatic hydroxyl groups is 1.